The van der Waals surface area contributed by atoms with Gasteiger partial charge >= 0.3 is 0 Å². The average molecular weight is 563 g/mol. The molecule has 4 rings (SSSR count). The van der Waals surface area contributed by atoms with E-state index in [0.717, 1.165) is 43.0 Å². The second kappa shape index (κ2) is 12.3. The van der Waals surface area contributed by atoms with Gasteiger partial charge in [0.2, 0.25) is 0 Å². The maximum atomic E-state index is 12.5. The molecule has 1 unspecified atom stereocenters. The number of rotatable bonds is 11. The average Bonchev–Trinajstić information content (AvgIpc) is 3.35. The summed E-state index contributed by atoms with van der Waals surface area (Å²) in [5.74, 6) is 1.88. The summed E-state index contributed by atoms with van der Waals surface area (Å²) in [4.78, 5) is 23.9. The van der Waals surface area contributed by atoms with E-state index in [1.807, 2.05) is 69.3 Å². The number of aliphatic hydroxyl groups is 1. The molecule has 8 heteroatoms. The van der Waals surface area contributed by atoms with E-state index in [-0.39, 0.29) is 5.78 Å². The van der Waals surface area contributed by atoms with E-state index in [0.29, 0.717) is 35.7 Å². The summed E-state index contributed by atoms with van der Waals surface area (Å²) >= 11 is 3.29. The van der Waals surface area contributed by atoms with Crippen LogP contribution in [-0.2, 0) is 16.1 Å². The summed E-state index contributed by atoms with van der Waals surface area (Å²) in [5, 5.41) is 11.7. The lowest BCUT2D eigenvalue weighted by Gasteiger charge is -2.22. The van der Waals surface area contributed by atoms with E-state index in [1.165, 1.54) is 0 Å². The molecule has 0 bridgehead atoms. The first-order valence-corrected chi connectivity index (χ1v) is 14.6. The lowest BCUT2D eigenvalue weighted by Crippen LogP contribution is -2.31. The van der Waals surface area contributed by atoms with Crippen LogP contribution in [0, 0.1) is 13.8 Å². The van der Waals surface area contributed by atoms with Crippen molar-refractivity contribution in [1.29, 1.82) is 0 Å². The highest BCUT2D eigenvalue weighted by Crippen LogP contribution is 2.43. The van der Waals surface area contributed by atoms with Crippen LogP contribution >= 0.6 is 23.1 Å². The Morgan fingerprint density at radius 1 is 0.949 bits per heavy atom. The predicted octanol–water partition coefficient (Wildman–Crippen LogP) is 7.38. The van der Waals surface area contributed by atoms with Gasteiger partial charge in [0, 0.05) is 33.3 Å². The number of hydrogen-bond donors (Lipinski definition) is 1. The minimum absolute atomic E-state index is 0.171. The van der Waals surface area contributed by atoms with Crippen molar-refractivity contribution in [3.63, 3.8) is 0 Å². The summed E-state index contributed by atoms with van der Waals surface area (Å²) in [6.45, 7) is 7.47. The number of nitrogens with zero attached hydrogens (tertiary/aromatic N) is 2. The van der Waals surface area contributed by atoms with Crippen LogP contribution in [0.3, 0.4) is 0 Å². The molecule has 1 N–H and O–H groups in total. The molecule has 2 aromatic heterocycles. The van der Waals surface area contributed by atoms with Gasteiger partial charge in [0.05, 0.1) is 14.2 Å². The van der Waals surface area contributed by atoms with Crippen molar-refractivity contribution >= 4 is 28.9 Å². The second-order valence-corrected chi connectivity index (χ2v) is 11.6. The van der Waals surface area contributed by atoms with Gasteiger partial charge < -0.3 is 14.6 Å². The van der Waals surface area contributed by atoms with Crippen LogP contribution in [0.1, 0.15) is 49.2 Å². The molecule has 2 aromatic carbocycles. The highest BCUT2D eigenvalue weighted by Gasteiger charge is 2.31. The number of ketones is 1. The number of hydrogen-bond acceptors (Lipinski definition) is 8. The highest BCUT2D eigenvalue weighted by molar-refractivity contribution is 7.98. The van der Waals surface area contributed by atoms with Crippen LogP contribution < -0.4 is 9.47 Å². The Kier molecular flexibility index (Phi) is 9.10. The number of Topliss-reactive ketones (excluding diaryl/α,β-unsaturated/α-hetero) is 1. The van der Waals surface area contributed by atoms with Crippen molar-refractivity contribution in [2.24, 2.45) is 0 Å². The van der Waals surface area contributed by atoms with Crippen LogP contribution in [0.5, 0.6) is 11.5 Å². The molecule has 0 amide bonds. The first-order chi connectivity index (χ1) is 18.7. The van der Waals surface area contributed by atoms with Crippen molar-refractivity contribution in [2.75, 3.05) is 14.2 Å². The maximum Gasteiger partial charge on any atom is 0.188 e. The molecule has 4 aromatic rings. The predicted molar refractivity (Wildman–Crippen MR) is 159 cm³/mol. The van der Waals surface area contributed by atoms with Gasteiger partial charge in [0.25, 0.3) is 0 Å². The summed E-state index contributed by atoms with van der Waals surface area (Å²) < 4.78 is 11.0. The normalized spacial score (nSPS) is 12.7. The van der Waals surface area contributed by atoms with Crippen LogP contribution in [0.25, 0.3) is 20.9 Å². The van der Waals surface area contributed by atoms with Gasteiger partial charge in [-0.3, -0.25) is 4.79 Å². The first kappa shape index (κ1) is 28.8. The van der Waals surface area contributed by atoms with Crippen molar-refractivity contribution < 1.29 is 19.4 Å². The lowest BCUT2D eigenvalue weighted by atomic mass is 9.88. The molecule has 0 saturated heterocycles. The van der Waals surface area contributed by atoms with Crippen molar-refractivity contribution in [1.82, 2.24) is 9.97 Å². The van der Waals surface area contributed by atoms with Crippen LogP contribution in [-0.4, -0.2) is 35.1 Å². The van der Waals surface area contributed by atoms with Gasteiger partial charge in [-0.1, -0.05) is 43.0 Å². The molecule has 0 spiro atoms. The van der Waals surface area contributed by atoms with Gasteiger partial charge in [0.1, 0.15) is 5.60 Å². The smallest absolute Gasteiger partial charge is 0.188 e. The van der Waals surface area contributed by atoms with Crippen molar-refractivity contribution in [2.45, 2.75) is 57.0 Å². The Bertz CT molecular complexity index is 1440. The zero-order valence-electron chi connectivity index (χ0n) is 23.2. The van der Waals surface area contributed by atoms with Gasteiger partial charge in [-0.25, -0.2) is 9.97 Å². The first-order valence-electron chi connectivity index (χ1n) is 12.8. The van der Waals surface area contributed by atoms with Gasteiger partial charge in [-0.2, -0.15) is 0 Å². The Morgan fingerprint density at radius 3 is 2.21 bits per heavy atom. The highest BCUT2D eigenvalue weighted by atomic mass is 32.2. The van der Waals surface area contributed by atoms with Crippen LogP contribution in [0.15, 0.2) is 59.8 Å². The Labute approximate surface area is 238 Å². The van der Waals surface area contributed by atoms with Crippen LogP contribution in [0.4, 0.5) is 0 Å². The van der Waals surface area contributed by atoms with Gasteiger partial charge in [-0.15, -0.1) is 11.3 Å². The number of methoxy groups -OCH3 is 2. The maximum absolute atomic E-state index is 12.5. The number of carbonyl (C=O) groups excluding carboxylic acids is 1. The second-order valence-electron chi connectivity index (χ2n) is 9.58. The molecule has 0 aliphatic rings. The number of carbonyl (C=O) groups is 1. The molecule has 0 aliphatic carbocycles. The summed E-state index contributed by atoms with van der Waals surface area (Å²) in [5.41, 5.74) is 4.19. The fourth-order valence-corrected chi connectivity index (χ4v) is 6.59. The van der Waals surface area contributed by atoms with Crippen molar-refractivity contribution in [3.8, 4) is 32.4 Å². The molecule has 0 fully saturated rings. The largest absolute Gasteiger partial charge is 0.493 e. The molecular weight excluding hydrogens is 528 g/mol. The Hall–Kier alpha value is -3.20. The summed E-state index contributed by atoms with van der Waals surface area (Å²) in [7, 11) is 3.26. The molecule has 0 saturated carbocycles. The zero-order chi connectivity index (χ0) is 28.2. The fraction of sp³-hybridized carbons (Fsp3) is 0.323. The Balaban J connectivity index is 1.72. The number of ether oxygens (including phenoxy) is 2. The van der Waals surface area contributed by atoms with Crippen LogP contribution in [0.2, 0.25) is 0 Å². The van der Waals surface area contributed by atoms with E-state index in [9.17, 15) is 9.90 Å². The molecule has 204 valence electrons. The molecule has 0 aliphatic heterocycles. The topological polar surface area (TPSA) is 81.5 Å². The standard InChI is InChI=1S/C31H34N2O4S2/c1-7-8-28(34)31(4,35)24-12-9-21(10-13-24)29-23(18-38-30-32-19(2)15-20(3)33-30)17-27(39-29)22-11-14-25(36-5)26(16-22)37-6/h9-17,35H,7-8,18H2,1-6H3. The minimum atomic E-state index is -1.51. The lowest BCUT2D eigenvalue weighted by molar-refractivity contribution is -0.136. The molecule has 39 heavy (non-hydrogen) atoms. The number of aromatic nitrogens is 2. The van der Waals surface area contributed by atoms with E-state index in [2.05, 4.69) is 16.0 Å². The third kappa shape index (κ3) is 6.52. The quantitative estimate of drug-likeness (QED) is 0.151. The number of thiophene rings is 1. The third-order valence-corrected chi connectivity index (χ3v) is 8.70. The summed E-state index contributed by atoms with van der Waals surface area (Å²) in [6.07, 6.45) is 1.04. The third-order valence-electron chi connectivity index (χ3n) is 6.52. The van der Waals surface area contributed by atoms with Crippen molar-refractivity contribution in [3.05, 3.63) is 77.1 Å². The molecule has 6 nitrogen and oxygen atoms in total. The molecule has 1 atom stereocenters. The Morgan fingerprint density at radius 2 is 1.59 bits per heavy atom. The van der Waals surface area contributed by atoms with Gasteiger partial charge in [0.15, 0.2) is 22.4 Å². The molecular formula is C31H34N2O4S2. The zero-order valence-corrected chi connectivity index (χ0v) is 24.8. The fourth-order valence-electron chi connectivity index (χ4n) is 4.39. The van der Waals surface area contributed by atoms with Gasteiger partial charge in [-0.05, 0) is 79.8 Å². The number of benzene rings is 2. The molecule has 0 radical (unpaired) electrons. The van der Waals surface area contributed by atoms with E-state index in [1.54, 1.807) is 44.2 Å². The molecule has 2 heterocycles. The van der Waals surface area contributed by atoms with E-state index < -0.39 is 5.60 Å². The summed E-state index contributed by atoms with van der Waals surface area (Å²) in [6, 6.07) is 17.8. The minimum Gasteiger partial charge on any atom is -0.493 e. The SMILES string of the molecule is CCCC(=O)C(C)(O)c1ccc(-c2sc(-c3ccc(OC)c(OC)c3)cc2CSc2nc(C)cc(C)n2)cc1. The van der Waals surface area contributed by atoms with E-state index in [4.69, 9.17) is 9.47 Å². The number of aryl methyl sites for hydroxylation is 2. The number of thioether (sulfide) groups is 1. The monoisotopic (exact) mass is 562 g/mol. The van der Waals surface area contributed by atoms with E-state index >= 15 is 0 Å².